The zero-order chi connectivity index (χ0) is 21.4. The predicted octanol–water partition coefficient (Wildman–Crippen LogP) is 3.66. The van der Waals surface area contributed by atoms with Crippen molar-refractivity contribution in [3.8, 4) is 0 Å². The van der Waals surface area contributed by atoms with Crippen molar-refractivity contribution in [3.63, 3.8) is 0 Å². The molecule has 6 nitrogen and oxygen atoms in total. The molecule has 1 aromatic heterocycles. The molecule has 0 atom stereocenters. The van der Waals surface area contributed by atoms with E-state index in [-0.39, 0.29) is 11.9 Å². The first-order valence-electron chi connectivity index (χ1n) is 10.8. The van der Waals surface area contributed by atoms with Crippen LogP contribution in [0.3, 0.4) is 0 Å². The number of rotatable bonds is 4. The summed E-state index contributed by atoms with van der Waals surface area (Å²) in [5.41, 5.74) is 1.41. The van der Waals surface area contributed by atoms with Gasteiger partial charge in [-0.1, -0.05) is 42.5 Å². The van der Waals surface area contributed by atoms with Crippen LogP contribution in [0.25, 0.3) is 10.8 Å². The molecule has 6 heteroatoms. The number of piperidine rings is 1. The Hall–Kier alpha value is -3.25. The van der Waals surface area contributed by atoms with Crippen molar-refractivity contribution in [1.82, 2.24) is 19.7 Å². The van der Waals surface area contributed by atoms with Crippen LogP contribution in [0.15, 0.2) is 67.0 Å². The number of carbonyl (C=O) groups excluding carboxylic acids is 2. The average Bonchev–Trinajstić information content (AvgIpc) is 2.97. The molecule has 31 heavy (non-hydrogen) atoms. The van der Waals surface area contributed by atoms with Crippen LogP contribution in [0.1, 0.15) is 24.0 Å². The number of hydrogen-bond acceptors (Lipinski definition) is 4. The first kappa shape index (κ1) is 19.7. The minimum absolute atomic E-state index is 0.0609. The van der Waals surface area contributed by atoms with Crippen molar-refractivity contribution in [2.24, 2.45) is 0 Å². The number of nitrogens with zero attached hydrogens (tertiary/aromatic N) is 4. The molecule has 5 rings (SSSR count). The van der Waals surface area contributed by atoms with Gasteiger partial charge in [0.25, 0.3) is 5.91 Å². The van der Waals surface area contributed by atoms with E-state index < -0.39 is 5.54 Å². The van der Waals surface area contributed by atoms with E-state index >= 15 is 0 Å². The van der Waals surface area contributed by atoms with Crippen LogP contribution in [-0.4, -0.2) is 57.3 Å². The smallest absolute Gasteiger partial charge is 0.312 e. The van der Waals surface area contributed by atoms with Crippen molar-refractivity contribution in [3.05, 3.63) is 78.1 Å². The Kier molecular flexibility index (Phi) is 4.94. The van der Waals surface area contributed by atoms with Gasteiger partial charge in [0.15, 0.2) is 0 Å². The number of aromatic nitrogens is 1. The number of hydrogen-bond donors (Lipinski definition) is 0. The fraction of sp³-hybridized carbons (Fsp3) is 0.320. The molecular formula is C25H26N4O2. The number of likely N-dealkylation sites (tertiary alicyclic amines) is 1. The second-order valence-electron chi connectivity index (χ2n) is 8.58. The van der Waals surface area contributed by atoms with Crippen LogP contribution < -0.4 is 0 Å². The fourth-order valence-corrected chi connectivity index (χ4v) is 4.89. The largest absolute Gasteiger partial charge is 0.327 e. The highest BCUT2D eigenvalue weighted by Gasteiger charge is 2.56. The third-order valence-corrected chi connectivity index (χ3v) is 6.77. The summed E-state index contributed by atoms with van der Waals surface area (Å²) in [5.74, 6) is -0.0609. The van der Waals surface area contributed by atoms with E-state index in [2.05, 4.69) is 34.1 Å². The molecule has 0 radical (unpaired) electrons. The van der Waals surface area contributed by atoms with Crippen molar-refractivity contribution in [1.29, 1.82) is 0 Å². The highest BCUT2D eigenvalue weighted by atomic mass is 16.2. The topological polar surface area (TPSA) is 56.8 Å². The van der Waals surface area contributed by atoms with Gasteiger partial charge >= 0.3 is 6.03 Å². The maximum atomic E-state index is 13.5. The summed E-state index contributed by atoms with van der Waals surface area (Å²) >= 11 is 0. The minimum atomic E-state index is -0.723. The Bertz CT molecular complexity index is 1120. The van der Waals surface area contributed by atoms with Crippen LogP contribution in [0.2, 0.25) is 0 Å². The quantitative estimate of drug-likeness (QED) is 0.612. The molecule has 0 aliphatic carbocycles. The lowest BCUT2D eigenvalue weighted by atomic mass is 9.86. The number of carbonyl (C=O) groups is 2. The average molecular weight is 415 g/mol. The monoisotopic (exact) mass is 414 g/mol. The van der Waals surface area contributed by atoms with E-state index in [1.165, 1.54) is 10.5 Å². The van der Waals surface area contributed by atoms with Crippen molar-refractivity contribution < 1.29 is 9.59 Å². The minimum Gasteiger partial charge on any atom is -0.312 e. The van der Waals surface area contributed by atoms with E-state index in [0.717, 1.165) is 36.0 Å². The van der Waals surface area contributed by atoms with Crippen LogP contribution >= 0.6 is 0 Å². The van der Waals surface area contributed by atoms with Gasteiger partial charge in [-0.2, -0.15) is 0 Å². The number of amides is 3. The van der Waals surface area contributed by atoms with E-state index in [1.807, 2.05) is 36.5 Å². The lowest BCUT2D eigenvalue weighted by Crippen LogP contribution is -2.55. The molecule has 2 aliphatic rings. The molecule has 0 unspecified atom stereocenters. The Balaban J connectivity index is 1.31. The zero-order valence-corrected chi connectivity index (χ0v) is 17.7. The lowest BCUT2D eigenvalue weighted by Gasteiger charge is -2.40. The summed E-state index contributed by atoms with van der Waals surface area (Å²) in [5, 5.41) is 2.27. The molecule has 1 spiro atoms. The van der Waals surface area contributed by atoms with Gasteiger partial charge in [-0.15, -0.1) is 0 Å². The second-order valence-corrected chi connectivity index (χ2v) is 8.58. The normalized spacial score (nSPS) is 19.0. The Morgan fingerprint density at radius 1 is 0.903 bits per heavy atom. The van der Waals surface area contributed by atoms with Gasteiger partial charge < -0.3 is 4.90 Å². The number of imide groups is 1. The summed E-state index contributed by atoms with van der Waals surface area (Å²) < 4.78 is 0. The summed E-state index contributed by atoms with van der Waals surface area (Å²) in [6.45, 7) is 2.69. The summed E-state index contributed by atoms with van der Waals surface area (Å²) in [7, 11) is 1.78. The van der Waals surface area contributed by atoms with Crippen LogP contribution in [0, 0.1) is 0 Å². The van der Waals surface area contributed by atoms with E-state index in [1.54, 1.807) is 18.1 Å². The fourth-order valence-electron chi connectivity index (χ4n) is 4.89. The van der Waals surface area contributed by atoms with E-state index in [0.29, 0.717) is 19.4 Å². The van der Waals surface area contributed by atoms with Gasteiger partial charge in [-0.3, -0.25) is 19.6 Å². The van der Waals surface area contributed by atoms with Gasteiger partial charge in [0.1, 0.15) is 5.54 Å². The molecule has 2 saturated heterocycles. The molecule has 3 amide bonds. The first-order valence-corrected chi connectivity index (χ1v) is 10.8. The van der Waals surface area contributed by atoms with Gasteiger partial charge in [-0.05, 0) is 46.9 Å². The number of pyridine rings is 1. The predicted molar refractivity (Wildman–Crippen MR) is 119 cm³/mol. The maximum Gasteiger partial charge on any atom is 0.327 e. The highest BCUT2D eigenvalue weighted by molar-refractivity contribution is 6.07. The standard InChI is InChI=1S/C25H26N4O2/c1-27-24(31)29(18-19-8-9-21-6-2-3-7-22(21)15-19)23(30)25(27)10-13-28(14-11-25)17-20-5-4-12-26-16-20/h2-9,12,15-16H,10-11,13-14,17-18H2,1H3. The molecule has 2 aromatic carbocycles. The van der Waals surface area contributed by atoms with Crippen molar-refractivity contribution in [2.75, 3.05) is 20.1 Å². The SMILES string of the molecule is CN1C(=O)N(Cc2ccc3ccccc3c2)C(=O)C12CCN(Cc1cccnc1)CC2. The third-order valence-electron chi connectivity index (χ3n) is 6.77. The van der Waals surface area contributed by atoms with Crippen LogP contribution in [0.5, 0.6) is 0 Å². The zero-order valence-electron chi connectivity index (χ0n) is 17.7. The summed E-state index contributed by atoms with van der Waals surface area (Å²) in [6.07, 6.45) is 4.97. The second kappa shape index (κ2) is 7.78. The maximum absolute atomic E-state index is 13.5. The van der Waals surface area contributed by atoms with Crippen LogP contribution in [-0.2, 0) is 17.9 Å². The molecule has 0 N–H and O–H groups in total. The molecule has 3 heterocycles. The number of benzene rings is 2. The molecule has 3 aromatic rings. The molecule has 0 bridgehead atoms. The van der Waals surface area contributed by atoms with Crippen molar-refractivity contribution in [2.45, 2.75) is 31.5 Å². The van der Waals surface area contributed by atoms with Gasteiger partial charge in [0.05, 0.1) is 6.54 Å². The summed E-state index contributed by atoms with van der Waals surface area (Å²) in [4.78, 5) is 36.1. The van der Waals surface area contributed by atoms with Gasteiger partial charge in [0.2, 0.25) is 0 Å². The third kappa shape index (κ3) is 3.47. The molecule has 2 fully saturated rings. The van der Waals surface area contributed by atoms with E-state index in [4.69, 9.17) is 0 Å². The number of urea groups is 1. The van der Waals surface area contributed by atoms with Crippen LogP contribution in [0.4, 0.5) is 4.79 Å². The highest BCUT2D eigenvalue weighted by Crippen LogP contribution is 2.37. The Morgan fingerprint density at radius 3 is 2.42 bits per heavy atom. The summed E-state index contributed by atoms with van der Waals surface area (Å²) in [6, 6.07) is 18.1. The number of fused-ring (bicyclic) bond motifs is 1. The Morgan fingerprint density at radius 2 is 1.68 bits per heavy atom. The number of likely N-dealkylation sites (N-methyl/N-ethyl adjacent to an activating group) is 1. The van der Waals surface area contributed by atoms with E-state index in [9.17, 15) is 9.59 Å². The molecule has 0 saturated carbocycles. The molecule has 158 valence electrons. The van der Waals surface area contributed by atoms with Gasteiger partial charge in [0, 0.05) is 39.1 Å². The van der Waals surface area contributed by atoms with Crippen molar-refractivity contribution >= 4 is 22.7 Å². The van der Waals surface area contributed by atoms with Gasteiger partial charge in [-0.25, -0.2) is 4.79 Å². The Labute approximate surface area is 182 Å². The first-order chi connectivity index (χ1) is 15.1. The molecule has 2 aliphatic heterocycles. The lowest BCUT2D eigenvalue weighted by molar-refractivity contribution is -0.135. The molecular weight excluding hydrogens is 388 g/mol.